The molecule has 0 amide bonds. The Morgan fingerprint density at radius 3 is 1.81 bits per heavy atom. The van der Waals surface area contributed by atoms with Crippen LogP contribution < -0.4 is 4.90 Å². The number of rotatable bonds is 4. The van der Waals surface area contributed by atoms with Gasteiger partial charge in [0.25, 0.3) is 0 Å². The second-order valence-electron chi connectivity index (χ2n) is 12.2. The van der Waals surface area contributed by atoms with E-state index < -0.39 is 0 Å². The summed E-state index contributed by atoms with van der Waals surface area (Å²) in [4.78, 5) is 1.91. The second-order valence-corrected chi connectivity index (χ2v) is 12.2. The van der Waals surface area contributed by atoms with Gasteiger partial charge in [-0.15, -0.1) is 0 Å². The van der Waals surface area contributed by atoms with Crippen LogP contribution in [0, 0.1) is 0 Å². The minimum absolute atomic E-state index is 0.102. The Morgan fingerprint density at radius 2 is 1.00 bits per heavy atom. The molecular formula is C46H29NO. The van der Waals surface area contributed by atoms with Crippen LogP contribution in [-0.4, -0.2) is 0 Å². The zero-order valence-electron chi connectivity index (χ0n) is 29.8. The Kier molecular flexibility index (Phi) is 5.08. The van der Waals surface area contributed by atoms with Crippen LogP contribution in [0.25, 0.3) is 76.2 Å². The lowest BCUT2D eigenvalue weighted by molar-refractivity contribution is 0.669. The largest absolute Gasteiger partial charge is 0.456 e. The van der Waals surface area contributed by atoms with E-state index in [1.54, 1.807) is 0 Å². The Bertz CT molecular complexity index is 3060. The molecule has 0 bridgehead atoms. The molecule has 0 aliphatic rings. The molecule has 0 unspecified atom stereocenters. The lowest BCUT2D eigenvalue weighted by Gasteiger charge is -2.28. The van der Waals surface area contributed by atoms with Gasteiger partial charge in [0.2, 0.25) is 0 Å². The summed E-state index contributed by atoms with van der Waals surface area (Å²) in [7, 11) is 0. The summed E-state index contributed by atoms with van der Waals surface area (Å²) in [6, 6.07) is 49.9. The fraction of sp³-hybridized carbons (Fsp3) is 0. The van der Waals surface area contributed by atoms with Crippen molar-refractivity contribution in [3.8, 4) is 11.1 Å². The van der Waals surface area contributed by atoms with Gasteiger partial charge in [-0.3, -0.25) is 0 Å². The van der Waals surface area contributed by atoms with Crippen LogP contribution >= 0.6 is 0 Å². The highest BCUT2D eigenvalue weighted by molar-refractivity contribution is 6.18. The highest BCUT2D eigenvalue weighted by Crippen LogP contribution is 2.46. The molecule has 0 radical (unpaired) electrons. The molecule has 0 aliphatic heterocycles. The Labute approximate surface area is 283 Å². The van der Waals surface area contributed by atoms with Crippen LogP contribution in [0.3, 0.4) is 0 Å². The maximum atomic E-state index is 9.70. The molecular weight excluding hydrogens is 583 g/mol. The van der Waals surface area contributed by atoms with E-state index in [4.69, 9.17) is 4.42 Å². The standard InChI is InChI=1S/C46H29NO/c1-3-12-36-31(10-1)20-21-32-22-23-33(28-41(32)36)30-24-26-35(27-25-30)47(42-17-9-19-45-46(42)40-16-7-8-18-44(40)48-45)43-29-34-11-2-4-13-37(34)38-14-5-6-15-39(38)43/h1-29H/i24D,25D,26D,27D. The SMILES string of the molecule is [2H]c1c([2H])c(N(c2cc3ccccc3c3ccccc23)c2cccc3oc4ccccc4c23)c([2H])c([2H])c1-c1ccc2ccc3ccccc3c2c1. The minimum atomic E-state index is -0.129. The van der Waals surface area contributed by atoms with Crippen LogP contribution in [0.15, 0.2) is 180 Å². The van der Waals surface area contributed by atoms with Crippen molar-refractivity contribution < 1.29 is 9.90 Å². The molecule has 224 valence electrons. The van der Waals surface area contributed by atoms with Crippen LogP contribution in [0.4, 0.5) is 17.1 Å². The molecule has 0 saturated carbocycles. The lowest BCUT2D eigenvalue weighted by Crippen LogP contribution is -2.11. The number of furan rings is 1. The van der Waals surface area contributed by atoms with E-state index in [0.717, 1.165) is 65.1 Å². The van der Waals surface area contributed by atoms with E-state index in [-0.39, 0.29) is 35.4 Å². The van der Waals surface area contributed by atoms with Crippen molar-refractivity contribution in [3.05, 3.63) is 176 Å². The van der Waals surface area contributed by atoms with Gasteiger partial charge in [-0.05, 0) is 91.2 Å². The lowest BCUT2D eigenvalue weighted by atomic mass is 9.96. The summed E-state index contributed by atoms with van der Waals surface area (Å²) >= 11 is 0. The van der Waals surface area contributed by atoms with Gasteiger partial charge < -0.3 is 9.32 Å². The van der Waals surface area contributed by atoms with Crippen molar-refractivity contribution in [1.29, 1.82) is 0 Å². The second kappa shape index (κ2) is 10.6. The monoisotopic (exact) mass is 615 g/mol. The Morgan fingerprint density at radius 1 is 0.396 bits per heavy atom. The summed E-state index contributed by atoms with van der Waals surface area (Å²) in [5.74, 6) is 0. The summed E-state index contributed by atoms with van der Waals surface area (Å²) in [6.07, 6.45) is 0. The smallest absolute Gasteiger partial charge is 0.137 e. The number of benzene rings is 9. The third-order valence-corrected chi connectivity index (χ3v) is 9.48. The zero-order valence-corrected chi connectivity index (χ0v) is 25.8. The van der Waals surface area contributed by atoms with Gasteiger partial charge in [-0.1, -0.05) is 133 Å². The van der Waals surface area contributed by atoms with E-state index in [2.05, 4.69) is 54.6 Å². The van der Waals surface area contributed by atoms with Crippen LogP contribution in [0.2, 0.25) is 0 Å². The average Bonchev–Trinajstić information content (AvgIpc) is 3.58. The highest BCUT2D eigenvalue weighted by atomic mass is 16.3. The van der Waals surface area contributed by atoms with Crippen LogP contribution in [0.5, 0.6) is 0 Å². The average molecular weight is 616 g/mol. The Balaban J connectivity index is 1.30. The fourth-order valence-corrected chi connectivity index (χ4v) is 7.25. The normalized spacial score (nSPS) is 12.9. The van der Waals surface area contributed by atoms with Crippen molar-refractivity contribution in [2.45, 2.75) is 0 Å². The predicted octanol–water partition coefficient (Wildman–Crippen LogP) is 13.3. The topological polar surface area (TPSA) is 16.4 Å². The quantitative estimate of drug-likeness (QED) is 0.183. The minimum Gasteiger partial charge on any atom is -0.456 e. The van der Waals surface area contributed by atoms with Gasteiger partial charge in [0.05, 0.1) is 22.2 Å². The van der Waals surface area contributed by atoms with Crippen molar-refractivity contribution in [3.63, 3.8) is 0 Å². The van der Waals surface area contributed by atoms with Crippen molar-refractivity contribution in [1.82, 2.24) is 0 Å². The number of hydrogen-bond acceptors (Lipinski definition) is 2. The molecule has 0 N–H and O–H groups in total. The maximum Gasteiger partial charge on any atom is 0.137 e. The highest BCUT2D eigenvalue weighted by Gasteiger charge is 2.22. The van der Waals surface area contributed by atoms with E-state index >= 15 is 0 Å². The van der Waals surface area contributed by atoms with Gasteiger partial charge in [-0.2, -0.15) is 0 Å². The van der Waals surface area contributed by atoms with Crippen molar-refractivity contribution >= 4 is 82.1 Å². The fourth-order valence-electron chi connectivity index (χ4n) is 7.25. The molecule has 2 heteroatoms. The molecule has 1 aromatic heterocycles. The number of anilines is 3. The van der Waals surface area contributed by atoms with Gasteiger partial charge >= 0.3 is 0 Å². The zero-order chi connectivity index (χ0) is 35.1. The number of hydrogen-bond donors (Lipinski definition) is 0. The van der Waals surface area contributed by atoms with Gasteiger partial charge in [0.1, 0.15) is 11.2 Å². The molecule has 0 atom stereocenters. The Hall–Kier alpha value is -6.38. The summed E-state index contributed by atoms with van der Waals surface area (Å²) in [5.41, 5.74) is 3.92. The summed E-state index contributed by atoms with van der Waals surface area (Å²) in [6.45, 7) is 0. The number of nitrogens with zero attached hydrogens (tertiary/aromatic N) is 1. The van der Waals surface area contributed by atoms with Crippen molar-refractivity contribution in [2.75, 3.05) is 4.90 Å². The number of para-hydroxylation sites is 1. The third kappa shape index (κ3) is 4.13. The maximum absolute atomic E-state index is 9.70. The molecule has 9 aromatic carbocycles. The van der Waals surface area contributed by atoms with E-state index in [0.29, 0.717) is 16.8 Å². The summed E-state index contributed by atoms with van der Waals surface area (Å²) < 4.78 is 44.8. The summed E-state index contributed by atoms with van der Waals surface area (Å²) in [5, 5.41) is 9.99. The molecule has 0 fully saturated rings. The molecule has 0 spiro atoms. The van der Waals surface area contributed by atoms with E-state index in [9.17, 15) is 5.48 Å². The van der Waals surface area contributed by atoms with Gasteiger partial charge in [0, 0.05) is 16.5 Å². The molecule has 10 rings (SSSR count). The van der Waals surface area contributed by atoms with Gasteiger partial charge in [0.15, 0.2) is 0 Å². The van der Waals surface area contributed by atoms with E-state index in [1.165, 1.54) is 0 Å². The van der Waals surface area contributed by atoms with Gasteiger partial charge in [-0.25, -0.2) is 0 Å². The molecule has 0 saturated heterocycles. The molecule has 10 aromatic rings. The first-order valence-corrected chi connectivity index (χ1v) is 16.1. The van der Waals surface area contributed by atoms with Crippen molar-refractivity contribution in [2.24, 2.45) is 0 Å². The first-order valence-electron chi connectivity index (χ1n) is 18.1. The first-order chi connectivity index (χ1) is 25.5. The van der Waals surface area contributed by atoms with E-state index in [1.807, 2.05) is 102 Å². The number of fused-ring (bicyclic) bond motifs is 9. The molecule has 1 heterocycles. The third-order valence-electron chi connectivity index (χ3n) is 9.48. The molecule has 48 heavy (non-hydrogen) atoms. The van der Waals surface area contributed by atoms with Crippen LogP contribution in [0.1, 0.15) is 5.48 Å². The predicted molar refractivity (Wildman–Crippen MR) is 204 cm³/mol. The molecule has 2 nitrogen and oxygen atoms in total. The first kappa shape index (κ1) is 23.0. The molecule has 0 aliphatic carbocycles. The van der Waals surface area contributed by atoms with Crippen LogP contribution in [-0.2, 0) is 0 Å².